The Balaban J connectivity index is 1.88. The fourth-order valence-corrected chi connectivity index (χ4v) is 3.18. The molecule has 21 heavy (non-hydrogen) atoms. The molecule has 2 aromatic rings. The molecule has 0 saturated carbocycles. The lowest BCUT2D eigenvalue weighted by molar-refractivity contribution is 0.317. The second-order valence-corrected chi connectivity index (χ2v) is 6.60. The number of ether oxygens (including phenoxy) is 1. The topological polar surface area (TPSA) is 69.4 Å². The van der Waals surface area contributed by atoms with Gasteiger partial charge in [0, 0.05) is 5.69 Å². The second kappa shape index (κ2) is 6.58. The molecule has 2 aromatic carbocycles. The summed E-state index contributed by atoms with van der Waals surface area (Å²) >= 11 is 0. The van der Waals surface area contributed by atoms with Crippen LogP contribution in [0.4, 0.5) is 10.1 Å². The first-order chi connectivity index (χ1) is 9.99. The molecule has 2 rings (SSSR count). The maximum absolute atomic E-state index is 13.5. The van der Waals surface area contributed by atoms with Crippen LogP contribution in [0.5, 0.6) is 5.75 Å². The highest BCUT2D eigenvalue weighted by molar-refractivity contribution is 7.91. The molecule has 0 unspecified atom stereocenters. The number of rotatable bonds is 6. The molecule has 0 aliphatic heterocycles. The standard InChI is InChI=1S/C15H16FNO3S/c16-14-4-1-2-5-15(14)21(18,19)11-3-10-20-13-8-6-12(17)7-9-13/h1-2,4-9H,3,10-11,17H2. The van der Waals surface area contributed by atoms with Crippen LogP contribution in [0.25, 0.3) is 0 Å². The molecule has 0 radical (unpaired) electrons. The number of hydrogen-bond donors (Lipinski definition) is 1. The van der Waals surface area contributed by atoms with E-state index in [-0.39, 0.29) is 23.7 Å². The van der Waals surface area contributed by atoms with Gasteiger partial charge in [-0.3, -0.25) is 0 Å². The Morgan fingerprint density at radius 2 is 1.71 bits per heavy atom. The summed E-state index contributed by atoms with van der Waals surface area (Å²) in [6, 6.07) is 12.2. The van der Waals surface area contributed by atoms with Crippen molar-refractivity contribution in [3.8, 4) is 5.75 Å². The lowest BCUT2D eigenvalue weighted by Gasteiger charge is -2.08. The van der Waals surface area contributed by atoms with E-state index in [0.29, 0.717) is 11.4 Å². The van der Waals surface area contributed by atoms with Crippen LogP contribution in [0.1, 0.15) is 6.42 Å². The van der Waals surface area contributed by atoms with Gasteiger partial charge in [0.15, 0.2) is 9.84 Å². The van der Waals surface area contributed by atoms with Crippen molar-refractivity contribution >= 4 is 15.5 Å². The fourth-order valence-electron chi connectivity index (χ4n) is 1.81. The third-order valence-electron chi connectivity index (χ3n) is 2.88. The molecule has 2 N–H and O–H groups in total. The normalized spacial score (nSPS) is 11.3. The molecule has 6 heteroatoms. The summed E-state index contributed by atoms with van der Waals surface area (Å²) in [4.78, 5) is -0.266. The first-order valence-electron chi connectivity index (χ1n) is 6.45. The SMILES string of the molecule is Nc1ccc(OCCCS(=O)(=O)c2ccccc2F)cc1. The minimum Gasteiger partial charge on any atom is -0.494 e. The van der Waals surface area contributed by atoms with Gasteiger partial charge >= 0.3 is 0 Å². The van der Waals surface area contributed by atoms with Gasteiger partial charge in [0.2, 0.25) is 0 Å². The van der Waals surface area contributed by atoms with Crippen LogP contribution in [0.3, 0.4) is 0 Å². The Morgan fingerprint density at radius 1 is 1.05 bits per heavy atom. The lowest BCUT2D eigenvalue weighted by Crippen LogP contribution is -2.12. The van der Waals surface area contributed by atoms with E-state index in [1.165, 1.54) is 18.2 Å². The van der Waals surface area contributed by atoms with Crippen LogP contribution in [0.2, 0.25) is 0 Å². The molecule has 0 atom stereocenters. The van der Waals surface area contributed by atoms with Gasteiger partial charge in [0.05, 0.1) is 12.4 Å². The van der Waals surface area contributed by atoms with Crippen LogP contribution >= 0.6 is 0 Å². The molecule has 0 aromatic heterocycles. The molecule has 0 heterocycles. The van der Waals surface area contributed by atoms with Gasteiger partial charge in [-0.1, -0.05) is 12.1 Å². The van der Waals surface area contributed by atoms with Gasteiger partial charge in [-0.2, -0.15) is 0 Å². The molecule has 112 valence electrons. The average Bonchev–Trinajstić information content (AvgIpc) is 2.46. The second-order valence-electron chi connectivity index (χ2n) is 4.52. The number of halogens is 1. The molecule has 0 aliphatic carbocycles. The Bertz CT molecular complexity index is 699. The number of nitrogens with two attached hydrogens (primary N) is 1. The van der Waals surface area contributed by atoms with Gasteiger partial charge in [0.1, 0.15) is 16.5 Å². The number of anilines is 1. The predicted octanol–water partition coefficient (Wildman–Crippen LogP) is 2.65. The lowest BCUT2D eigenvalue weighted by atomic mass is 10.3. The van der Waals surface area contributed by atoms with E-state index in [0.717, 1.165) is 6.07 Å². The van der Waals surface area contributed by atoms with E-state index in [2.05, 4.69) is 0 Å². The summed E-state index contributed by atoms with van der Waals surface area (Å²) in [6.07, 6.45) is 0.279. The maximum Gasteiger partial charge on any atom is 0.181 e. The molecular weight excluding hydrogens is 293 g/mol. The van der Waals surface area contributed by atoms with E-state index in [1.807, 2.05) is 0 Å². The first-order valence-corrected chi connectivity index (χ1v) is 8.10. The minimum absolute atomic E-state index is 0.164. The highest BCUT2D eigenvalue weighted by atomic mass is 32.2. The van der Waals surface area contributed by atoms with Crippen molar-refractivity contribution in [2.75, 3.05) is 18.1 Å². The van der Waals surface area contributed by atoms with Crippen molar-refractivity contribution < 1.29 is 17.5 Å². The first kappa shape index (κ1) is 15.3. The Hall–Kier alpha value is -2.08. The van der Waals surface area contributed by atoms with Crippen molar-refractivity contribution in [3.05, 3.63) is 54.3 Å². The molecule has 0 aliphatic rings. The molecule has 0 bridgehead atoms. The zero-order valence-corrected chi connectivity index (χ0v) is 12.1. The van der Waals surface area contributed by atoms with E-state index in [1.54, 1.807) is 24.3 Å². The third-order valence-corrected chi connectivity index (χ3v) is 4.71. The molecule has 0 fully saturated rings. The summed E-state index contributed by atoms with van der Waals surface area (Å²) in [5, 5.41) is 0. The predicted molar refractivity (Wildman–Crippen MR) is 79.4 cm³/mol. The summed E-state index contributed by atoms with van der Waals surface area (Å²) in [6.45, 7) is 0.234. The Labute approximate surface area is 123 Å². The van der Waals surface area contributed by atoms with Crippen LogP contribution in [-0.2, 0) is 9.84 Å². The average molecular weight is 309 g/mol. The van der Waals surface area contributed by atoms with E-state index in [9.17, 15) is 12.8 Å². The number of nitrogen functional groups attached to an aromatic ring is 1. The molecule has 0 spiro atoms. The van der Waals surface area contributed by atoms with Crippen LogP contribution < -0.4 is 10.5 Å². The highest BCUT2D eigenvalue weighted by Gasteiger charge is 2.18. The van der Waals surface area contributed by atoms with Crippen molar-refractivity contribution in [2.24, 2.45) is 0 Å². The van der Waals surface area contributed by atoms with E-state index >= 15 is 0 Å². The van der Waals surface area contributed by atoms with Gasteiger partial charge in [-0.05, 0) is 42.8 Å². The summed E-state index contributed by atoms with van der Waals surface area (Å²) in [5.74, 6) is -0.271. The van der Waals surface area contributed by atoms with Crippen molar-refractivity contribution in [3.63, 3.8) is 0 Å². The monoisotopic (exact) mass is 309 g/mol. The third kappa shape index (κ3) is 4.19. The fraction of sp³-hybridized carbons (Fsp3) is 0.200. The van der Waals surface area contributed by atoms with Gasteiger partial charge in [-0.15, -0.1) is 0 Å². The Kier molecular flexibility index (Phi) is 4.80. The van der Waals surface area contributed by atoms with Gasteiger partial charge in [-0.25, -0.2) is 12.8 Å². The zero-order valence-electron chi connectivity index (χ0n) is 11.3. The number of hydrogen-bond acceptors (Lipinski definition) is 4. The summed E-state index contributed by atoms with van der Waals surface area (Å²) in [5.41, 5.74) is 6.18. The van der Waals surface area contributed by atoms with E-state index < -0.39 is 15.7 Å². The number of benzene rings is 2. The highest BCUT2D eigenvalue weighted by Crippen LogP contribution is 2.17. The molecule has 0 saturated heterocycles. The summed E-state index contributed by atoms with van der Waals surface area (Å²) < 4.78 is 42.9. The Morgan fingerprint density at radius 3 is 2.38 bits per heavy atom. The van der Waals surface area contributed by atoms with Crippen LogP contribution in [0.15, 0.2) is 53.4 Å². The molecule has 4 nitrogen and oxygen atoms in total. The maximum atomic E-state index is 13.5. The summed E-state index contributed by atoms with van der Waals surface area (Å²) in [7, 11) is -3.63. The van der Waals surface area contributed by atoms with Crippen LogP contribution in [0, 0.1) is 5.82 Å². The molecular formula is C15H16FNO3S. The van der Waals surface area contributed by atoms with Crippen molar-refractivity contribution in [1.29, 1.82) is 0 Å². The van der Waals surface area contributed by atoms with Gasteiger partial charge in [0.25, 0.3) is 0 Å². The van der Waals surface area contributed by atoms with E-state index in [4.69, 9.17) is 10.5 Å². The molecule has 0 amide bonds. The zero-order chi connectivity index (χ0) is 15.3. The van der Waals surface area contributed by atoms with Crippen molar-refractivity contribution in [2.45, 2.75) is 11.3 Å². The van der Waals surface area contributed by atoms with Gasteiger partial charge < -0.3 is 10.5 Å². The minimum atomic E-state index is -3.63. The number of sulfone groups is 1. The quantitative estimate of drug-likeness (QED) is 0.658. The largest absolute Gasteiger partial charge is 0.494 e. The van der Waals surface area contributed by atoms with Crippen molar-refractivity contribution in [1.82, 2.24) is 0 Å². The van der Waals surface area contributed by atoms with Crippen LogP contribution in [-0.4, -0.2) is 20.8 Å². The smallest absolute Gasteiger partial charge is 0.181 e.